The summed E-state index contributed by atoms with van der Waals surface area (Å²) in [7, 11) is 1.55. The van der Waals surface area contributed by atoms with Crippen LogP contribution < -0.4 is 19.7 Å². The van der Waals surface area contributed by atoms with Crippen molar-refractivity contribution in [3.05, 3.63) is 54.3 Å². The zero-order chi connectivity index (χ0) is 19.4. The maximum Gasteiger partial charge on any atom is 0.261 e. The van der Waals surface area contributed by atoms with Crippen molar-refractivity contribution in [2.45, 2.75) is 25.5 Å². The second-order valence-electron chi connectivity index (χ2n) is 6.30. The number of ether oxygens (including phenoxy) is 2. The highest BCUT2D eigenvalue weighted by Gasteiger charge is 2.33. The van der Waals surface area contributed by atoms with Crippen molar-refractivity contribution in [1.82, 2.24) is 5.32 Å². The monoisotopic (exact) mass is 372 g/mol. The lowest BCUT2D eigenvalue weighted by Gasteiger charge is -2.20. The van der Waals surface area contributed by atoms with E-state index in [2.05, 4.69) is 5.32 Å². The molecule has 2 atom stereocenters. The molecule has 6 nitrogen and oxygen atoms in total. The van der Waals surface area contributed by atoms with E-state index in [0.717, 1.165) is 0 Å². The van der Waals surface area contributed by atoms with Crippen LogP contribution in [0.3, 0.4) is 0 Å². The first-order valence-corrected chi connectivity index (χ1v) is 8.64. The fourth-order valence-electron chi connectivity index (χ4n) is 3.01. The molecule has 3 rings (SSSR count). The third kappa shape index (κ3) is 4.36. The molecule has 2 amide bonds. The maximum atomic E-state index is 13.2. The van der Waals surface area contributed by atoms with Crippen LogP contribution in [0.4, 0.5) is 10.1 Å². The highest BCUT2D eigenvalue weighted by molar-refractivity contribution is 5.98. The number of rotatable bonds is 6. The van der Waals surface area contributed by atoms with E-state index < -0.39 is 11.9 Å². The van der Waals surface area contributed by atoms with Crippen molar-refractivity contribution in [2.75, 3.05) is 18.6 Å². The number of carbonyl (C=O) groups is 2. The van der Waals surface area contributed by atoms with Crippen LogP contribution in [0.1, 0.15) is 13.3 Å². The number of hydrogen-bond acceptors (Lipinski definition) is 4. The minimum Gasteiger partial charge on any atom is -0.495 e. The molecule has 0 unspecified atom stereocenters. The van der Waals surface area contributed by atoms with E-state index >= 15 is 0 Å². The summed E-state index contributed by atoms with van der Waals surface area (Å²) in [6, 6.07) is 12.5. The van der Waals surface area contributed by atoms with E-state index in [4.69, 9.17) is 9.47 Å². The number of benzene rings is 2. The van der Waals surface area contributed by atoms with Gasteiger partial charge in [0.25, 0.3) is 5.91 Å². The Balaban J connectivity index is 1.61. The lowest BCUT2D eigenvalue weighted by molar-refractivity contribution is -0.127. The minimum atomic E-state index is -0.817. The van der Waals surface area contributed by atoms with Gasteiger partial charge in [0.2, 0.25) is 5.91 Å². The Morgan fingerprint density at radius 3 is 2.78 bits per heavy atom. The number of amides is 2. The largest absolute Gasteiger partial charge is 0.495 e. The Kier molecular flexibility index (Phi) is 5.59. The first-order valence-electron chi connectivity index (χ1n) is 8.64. The second-order valence-corrected chi connectivity index (χ2v) is 6.30. The summed E-state index contributed by atoms with van der Waals surface area (Å²) in [5, 5.41) is 2.82. The number of nitrogens with one attached hydrogen (secondary N) is 1. The highest BCUT2D eigenvalue weighted by atomic mass is 19.1. The Bertz CT molecular complexity index is 842. The van der Waals surface area contributed by atoms with Crippen molar-refractivity contribution in [2.24, 2.45) is 0 Å². The normalized spacial score (nSPS) is 17.5. The van der Waals surface area contributed by atoms with Crippen LogP contribution in [0.5, 0.6) is 11.5 Å². The van der Waals surface area contributed by atoms with Gasteiger partial charge in [-0.15, -0.1) is 0 Å². The maximum absolute atomic E-state index is 13.2. The summed E-state index contributed by atoms with van der Waals surface area (Å²) in [6.45, 7) is 1.92. The molecule has 1 aliphatic heterocycles. The molecular weight excluding hydrogens is 351 g/mol. The fraction of sp³-hybridized carbons (Fsp3) is 0.300. The van der Waals surface area contributed by atoms with Crippen LogP contribution >= 0.6 is 0 Å². The molecule has 0 bridgehead atoms. The third-order valence-corrected chi connectivity index (χ3v) is 4.33. The minimum absolute atomic E-state index is 0.0940. The summed E-state index contributed by atoms with van der Waals surface area (Å²) in [6.07, 6.45) is -0.626. The average molecular weight is 372 g/mol. The van der Waals surface area contributed by atoms with Crippen LogP contribution in [-0.2, 0) is 9.59 Å². The van der Waals surface area contributed by atoms with Crippen molar-refractivity contribution >= 4 is 17.5 Å². The van der Waals surface area contributed by atoms with Crippen LogP contribution in [0, 0.1) is 5.82 Å². The van der Waals surface area contributed by atoms with E-state index in [1.165, 1.54) is 18.2 Å². The summed E-state index contributed by atoms with van der Waals surface area (Å²) in [5.74, 6) is -0.0205. The molecule has 2 aromatic carbocycles. The number of carbonyl (C=O) groups excluding carboxylic acids is 2. The second kappa shape index (κ2) is 8.07. The average Bonchev–Trinajstić information content (AvgIpc) is 3.01. The van der Waals surface area contributed by atoms with Crippen LogP contribution in [-0.4, -0.2) is 37.6 Å². The van der Waals surface area contributed by atoms with Crippen molar-refractivity contribution < 1.29 is 23.5 Å². The summed E-state index contributed by atoms with van der Waals surface area (Å²) in [5.41, 5.74) is 0.672. The van der Waals surface area contributed by atoms with Crippen molar-refractivity contribution in [3.8, 4) is 11.5 Å². The van der Waals surface area contributed by atoms with Crippen molar-refractivity contribution in [1.29, 1.82) is 0 Å². The number of methoxy groups -OCH3 is 1. The van der Waals surface area contributed by atoms with Gasteiger partial charge < -0.3 is 19.7 Å². The summed E-state index contributed by atoms with van der Waals surface area (Å²) >= 11 is 0. The molecule has 7 heteroatoms. The fourth-order valence-corrected chi connectivity index (χ4v) is 3.01. The molecule has 1 saturated heterocycles. The number of hydrogen-bond donors (Lipinski definition) is 1. The van der Waals surface area contributed by atoms with Crippen LogP contribution in [0.15, 0.2) is 48.5 Å². The van der Waals surface area contributed by atoms with Crippen LogP contribution in [0.2, 0.25) is 0 Å². The molecular formula is C20H21FN2O4. The SMILES string of the molecule is COc1ccccc1N1C[C@@H](NC(=O)[C@H](C)Oc2cccc(F)c2)CC1=O. The number of para-hydroxylation sites is 2. The van der Waals surface area contributed by atoms with Gasteiger partial charge >= 0.3 is 0 Å². The molecule has 1 N–H and O–H groups in total. The topological polar surface area (TPSA) is 67.9 Å². The number of anilines is 1. The Labute approximate surface area is 156 Å². The van der Waals surface area contributed by atoms with Gasteiger partial charge in [-0.25, -0.2) is 4.39 Å². The van der Waals surface area contributed by atoms with Gasteiger partial charge in [-0.05, 0) is 31.2 Å². The molecule has 0 saturated carbocycles. The molecule has 1 fully saturated rings. The Hall–Kier alpha value is -3.09. The predicted octanol–water partition coefficient (Wildman–Crippen LogP) is 2.52. The molecule has 1 aliphatic rings. The summed E-state index contributed by atoms with van der Waals surface area (Å²) in [4.78, 5) is 26.4. The van der Waals surface area contributed by atoms with Gasteiger partial charge in [-0.3, -0.25) is 9.59 Å². The lowest BCUT2D eigenvalue weighted by atomic mass is 10.2. The predicted molar refractivity (Wildman–Crippen MR) is 98.4 cm³/mol. The zero-order valence-corrected chi connectivity index (χ0v) is 15.1. The van der Waals surface area contributed by atoms with Gasteiger partial charge in [0.05, 0.1) is 18.8 Å². The van der Waals surface area contributed by atoms with E-state index in [1.807, 2.05) is 12.1 Å². The summed E-state index contributed by atoms with van der Waals surface area (Å²) < 4.78 is 24.0. The van der Waals surface area contributed by atoms with Gasteiger partial charge in [-0.1, -0.05) is 18.2 Å². The molecule has 142 valence electrons. The first kappa shape index (κ1) is 18.7. The molecule has 1 heterocycles. The molecule has 0 aliphatic carbocycles. The van der Waals surface area contributed by atoms with Gasteiger partial charge in [0, 0.05) is 19.0 Å². The molecule has 0 radical (unpaired) electrons. The Morgan fingerprint density at radius 1 is 1.26 bits per heavy atom. The molecule has 0 aromatic heterocycles. The van der Waals surface area contributed by atoms with E-state index in [9.17, 15) is 14.0 Å². The van der Waals surface area contributed by atoms with Gasteiger partial charge in [0.1, 0.15) is 17.3 Å². The number of nitrogens with zero attached hydrogens (tertiary/aromatic N) is 1. The number of halogens is 1. The first-order chi connectivity index (χ1) is 13.0. The van der Waals surface area contributed by atoms with Gasteiger partial charge in [-0.2, -0.15) is 0 Å². The van der Waals surface area contributed by atoms with E-state index in [-0.39, 0.29) is 30.0 Å². The van der Waals surface area contributed by atoms with E-state index in [1.54, 1.807) is 37.1 Å². The highest BCUT2D eigenvalue weighted by Crippen LogP contribution is 2.31. The van der Waals surface area contributed by atoms with Gasteiger partial charge in [0.15, 0.2) is 6.10 Å². The smallest absolute Gasteiger partial charge is 0.261 e. The molecule has 27 heavy (non-hydrogen) atoms. The lowest BCUT2D eigenvalue weighted by Crippen LogP contribution is -2.43. The third-order valence-electron chi connectivity index (χ3n) is 4.33. The Morgan fingerprint density at radius 2 is 2.04 bits per heavy atom. The standard InChI is InChI=1S/C20H21FN2O4/c1-13(27-16-7-5-6-14(21)10-16)20(25)22-15-11-19(24)23(12-15)17-8-3-4-9-18(17)26-2/h3-10,13,15H,11-12H2,1-2H3,(H,22,25)/t13-,15-/m0/s1. The van der Waals surface area contributed by atoms with Crippen LogP contribution in [0.25, 0.3) is 0 Å². The van der Waals surface area contributed by atoms with Crippen molar-refractivity contribution in [3.63, 3.8) is 0 Å². The zero-order valence-electron chi connectivity index (χ0n) is 15.1. The quantitative estimate of drug-likeness (QED) is 0.846. The molecule has 0 spiro atoms. The van der Waals surface area contributed by atoms with E-state index in [0.29, 0.717) is 18.0 Å². The molecule has 2 aromatic rings.